The van der Waals surface area contributed by atoms with Gasteiger partial charge in [-0.2, -0.15) is 5.10 Å². The number of likely N-dealkylation sites (tertiary alicyclic amines) is 2. The predicted octanol–water partition coefficient (Wildman–Crippen LogP) is 0.720. The van der Waals surface area contributed by atoms with Crippen molar-refractivity contribution >= 4 is 11.8 Å². The lowest BCUT2D eigenvalue weighted by Gasteiger charge is -2.40. The number of piperidine rings is 1. The van der Waals surface area contributed by atoms with Crippen LogP contribution in [-0.4, -0.2) is 67.8 Å². The van der Waals surface area contributed by atoms with Crippen molar-refractivity contribution in [1.82, 2.24) is 19.6 Å². The van der Waals surface area contributed by atoms with Gasteiger partial charge in [-0.05, 0) is 45.6 Å². The molecule has 1 aromatic rings. The lowest BCUT2D eigenvalue weighted by atomic mass is 9.89. The number of rotatable bonds is 3. The van der Waals surface area contributed by atoms with Crippen LogP contribution in [0.15, 0.2) is 6.07 Å². The third-order valence-corrected chi connectivity index (χ3v) is 5.73. The third kappa shape index (κ3) is 3.17. The van der Waals surface area contributed by atoms with Crippen LogP contribution < -0.4 is 0 Å². The van der Waals surface area contributed by atoms with E-state index < -0.39 is 5.54 Å². The molecule has 2 fully saturated rings. The molecular formula is C18H28N4O3. The Bertz CT molecular complexity index is 686. The molecule has 7 nitrogen and oxygen atoms in total. The standard InChI is InChI=1S/C18H28N4O3/c1-12-7-13(2)21(19-12)10-17(25)20-6-5-16-15(9-20)8-18(4,11-23)22(16)14(3)24/h7,15-16,23H,5-6,8-11H2,1-4H3/t15-,16-,18+/m0/s1. The number of nitrogens with zero attached hydrogens (tertiary/aromatic N) is 4. The number of aliphatic hydroxyl groups excluding tert-OH is 1. The Kier molecular flexibility index (Phi) is 4.62. The first-order chi connectivity index (χ1) is 11.7. The predicted molar refractivity (Wildman–Crippen MR) is 92.8 cm³/mol. The maximum Gasteiger partial charge on any atom is 0.244 e. The number of hydrogen-bond acceptors (Lipinski definition) is 4. The molecule has 25 heavy (non-hydrogen) atoms. The van der Waals surface area contributed by atoms with Crippen molar-refractivity contribution in [3.8, 4) is 0 Å². The molecule has 3 atom stereocenters. The average Bonchev–Trinajstić information content (AvgIpc) is 3.02. The molecule has 1 aromatic heterocycles. The lowest BCUT2D eigenvalue weighted by Crippen LogP contribution is -2.53. The zero-order valence-corrected chi connectivity index (χ0v) is 15.5. The van der Waals surface area contributed by atoms with E-state index in [1.54, 1.807) is 11.6 Å². The van der Waals surface area contributed by atoms with Crippen LogP contribution in [0.25, 0.3) is 0 Å². The maximum atomic E-state index is 12.7. The van der Waals surface area contributed by atoms with E-state index in [0.717, 1.165) is 24.2 Å². The molecule has 2 aliphatic rings. The number of aromatic nitrogens is 2. The fourth-order valence-electron chi connectivity index (χ4n) is 4.67. The SMILES string of the molecule is CC(=O)N1[C@H]2CCN(C(=O)Cn3nc(C)cc3C)C[C@@H]2C[C@]1(C)CO. The van der Waals surface area contributed by atoms with E-state index in [-0.39, 0.29) is 36.9 Å². The number of carbonyl (C=O) groups is 2. The Labute approximate surface area is 148 Å². The van der Waals surface area contributed by atoms with Gasteiger partial charge in [0.25, 0.3) is 0 Å². The van der Waals surface area contributed by atoms with Crippen molar-refractivity contribution in [2.45, 2.75) is 58.7 Å². The van der Waals surface area contributed by atoms with E-state index in [9.17, 15) is 14.7 Å². The van der Waals surface area contributed by atoms with E-state index in [1.807, 2.05) is 36.6 Å². The molecule has 0 radical (unpaired) electrons. The largest absolute Gasteiger partial charge is 0.394 e. The normalized spacial score (nSPS) is 29.0. The monoisotopic (exact) mass is 348 g/mol. The molecule has 2 aliphatic heterocycles. The molecule has 0 aromatic carbocycles. The fourth-order valence-corrected chi connectivity index (χ4v) is 4.67. The molecule has 0 unspecified atom stereocenters. The number of hydrogen-bond donors (Lipinski definition) is 1. The summed E-state index contributed by atoms with van der Waals surface area (Å²) in [7, 11) is 0. The van der Waals surface area contributed by atoms with Gasteiger partial charge in [-0.3, -0.25) is 14.3 Å². The van der Waals surface area contributed by atoms with Gasteiger partial charge in [0.15, 0.2) is 0 Å². The highest BCUT2D eigenvalue weighted by Gasteiger charge is 2.51. The Morgan fingerprint density at radius 2 is 2.12 bits per heavy atom. The van der Waals surface area contributed by atoms with Gasteiger partial charge in [0.1, 0.15) is 6.54 Å². The van der Waals surface area contributed by atoms with Crippen molar-refractivity contribution in [2.75, 3.05) is 19.7 Å². The lowest BCUT2D eigenvalue weighted by molar-refractivity contribution is -0.138. The number of aryl methyl sites for hydroxylation is 2. The molecule has 0 saturated carbocycles. The zero-order chi connectivity index (χ0) is 18.4. The second kappa shape index (κ2) is 6.44. The average molecular weight is 348 g/mol. The van der Waals surface area contributed by atoms with Gasteiger partial charge in [-0.25, -0.2) is 0 Å². The van der Waals surface area contributed by atoms with Crippen LogP contribution in [0.2, 0.25) is 0 Å². The maximum absolute atomic E-state index is 12.7. The smallest absolute Gasteiger partial charge is 0.244 e. The Morgan fingerprint density at radius 3 is 2.68 bits per heavy atom. The van der Waals surface area contributed by atoms with Gasteiger partial charge in [0.05, 0.1) is 17.8 Å². The summed E-state index contributed by atoms with van der Waals surface area (Å²) < 4.78 is 1.75. The Balaban J connectivity index is 1.70. The molecule has 1 N–H and O–H groups in total. The molecule has 3 rings (SSSR count). The minimum absolute atomic E-state index is 0.00599. The van der Waals surface area contributed by atoms with Gasteiger partial charge in [-0.1, -0.05) is 0 Å². The van der Waals surface area contributed by atoms with E-state index >= 15 is 0 Å². The second-order valence-corrected chi connectivity index (χ2v) is 7.79. The fraction of sp³-hybridized carbons (Fsp3) is 0.722. The zero-order valence-electron chi connectivity index (χ0n) is 15.5. The number of fused-ring (bicyclic) bond motifs is 1. The molecule has 0 aliphatic carbocycles. The van der Waals surface area contributed by atoms with Crippen LogP contribution in [0.1, 0.15) is 38.1 Å². The minimum atomic E-state index is -0.518. The van der Waals surface area contributed by atoms with E-state index in [1.165, 1.54) is 0 Å². The van der Waals surface area contributed by atoms with Crippen molar-refractivity contribution in [2.24, 2.45) is 5.92 Å². The Morgan fingerprint density at radius 1 is 1.40 bits per heavy atom. The van der Waals surface area contributed by atoms with E-state index in [0.29, 0.717) is 13.1 Å². The first-order valence-electron chi connectivity index (χ1n) is 8.95. The molecule has 2 saturated heterocycles. The Hall–Kier alpha value is -1.89. The molecule has 3 heterocycles. The number of aliphatic hydroxyl groups is 1. The van der Waals surface area contributed by atoms with Crippen molar-refractivity contribution < 1.29 is 14.7 Å². The molecule has 0 bridgehead atoms. The summed E-state index contributed by atoms with van der Waals surface area (Å²) in [5, 5.41) is 14.2. The summed E-state index contributed by atoms with van der Waals surface area (Å²) in [6.07, 6.45) is 1.50. The second-order valence-electron chi connectivity index (χ2n) is 7.79. The highest BCUT2D eigenvalue weighted by atomic mass is 16.3. The summed E-state index contributed by atoms with van der Waals surface area (Å²) in [6.45, 7) is 8.88. The van der Waals surface area contributed by atoms with Crippen LogP contribution >= 0.6 is 0 Å². The topological polar surface area (TPSA) is 78.7 Å². The van der Waals surface area contributed by atoms with Gasteiger partial charge < -0.3 is 14.9 Å². The molecule has 2 amide bonds. The first kappa shape index (κ1) is 17.9. The third-order valence-electron chi connectivity index (χ3n) is 5.73. The van der Waals surface area contributed by atoms with Crippen molar-refractivity contribution in [3.05, 3.63) is 17.5 Å². The van der Waals surface area contributed by atoms with Crippen LogP contribution in [0, 0.1) is 19.8 Å². The summed E-state index contributed by atoms with van der Waals surface area (Å²) in [5.74, 6) is 0.294. The van der Waals surface area contributed by atoms with Gasteiger partial charge in [-0.15, -0.1) is 0 Å². The summed E-state index contributed by atoms with van der Waals surface area (Å²) in [4.78, 5) is 28.5. The number of amides is 2. The molecule has 7 heteroatoms. The molecule has 0 spiro atoms. The number of carbonyl (C=O) groups excluding carboxylic acids is 2. The molecular weight excluding hydrogens is 320 g/mol. The van der Waals surface area contributed by atoms with Gasteiger partial charge >= 0.3 is 0 Å². The van der Waals surface area contributed by atoms with Crippen LogP contribution in [0.3, 0.4) is 0 Å². The van der Waals surface area contributed by atoms with Crippen LogP contribution in [0.4, 0.5) is 0 Å². The van der Waals surface area contributed by atoms with Crippen molar-refractivity contribution in [1.29, 1.82) is 0 Å². The summed E-state index contributed by atoms with van der Waals surface area (Å²) >= 11 is 0. The van der Waals surface area contributed by atoms with Crippen molar-refractivity contribution in [3.63, 3.8) is 0 Å². The van der Waals surface area contributed by atoms with Crippen LogP contribution in [-0.2, 0) is 16.1 Å². The highest BCUT2D eigenvalue weighted by molar-refractivity contribution is 5.77. The van der Waals surface area contributed by atoms with Crippen LogP contribution in [0.5, 0.6) is 0 Å². The van der Waals surface area contributed by atoms with Gasteiger partial charge in [0, 0.05) is 31.7 Å². The van der Waals surface area contributed by atoms with E-state index in [2.05, 4.69) is 5.10 Å². The summed E-state index contributed by atoms with van der Waals surface area (Å²) in [6, 6.07) is 2.08. The van der Waals surface area contributed by atoms with Gasteiger partial charge in [0.2, 0.25) is 11.8 Å². The minimum Gasteiger partial charge on any atom is -0.394 e. The first-order valence-corrected chi connectivity index (χ1v) is 8.95. The quantitative estimate of drug-likeness (QED) is 0.873. The summed E-state index contributed by atoms with van der Waals surface area (Å²) in [5.41, 5.74) is 1.38. The van der Waals surface area contributed by atoms with E-state index in [4.69, 9.17) is 0 Å². The highest BCUT2D eigenvalue weighted by Crippen LogP contribution is 2.41. The molecule has 138 valence electrons.